The number of barbiturate groups is 1. The molecule has 1 heterocycles. The van der Waals surface area contributed by atoms with E-state index in [-0.39, 0.29) is 43.2 Å². The van der Waals surface area contributed by atoms with Gasteiger partial charge in [0.2, 0.25) is 11.8 Å². The second-order valence-corrected chi connectivity index (χ2v) is 24.3. The molecule has 352 valence electrons. The van der Waals surface area contributed by atoms with Crippen LogP contribution in [-0.4, -0.2) is 56.0 Å². The lowest BCUT2D eigenvalue weighted by molar-refractivity contribution is -0.173. The maximum Gasteiger partial charge on any atom is 0.334 e. The molecule has 64 heavy (non-hydrogen) atoms. The van der Waals surface area contributed by atoms with Gasteiger partial charge >= 0.3 is 12.0 Å². The quantitative estimate of drug-likeness (QED) is 0.142. The molecule has 0 aliphatic carbocycles. The molecule has 1 fully saturated rings. The highest BCUT2D eigenvalue weighted by Crippen LogP contribution is 2.48. The Hall–Kier alpha value is -4.86. The van der Waals surface area contributed by atoms with E-state index in [2.05, 4.69) is 0 Å². The number of nitrogens with zero attached hydrogens (tertiary/aromatic N) is 2. The maximum absolute atomic E-state index is 15.9. The van der Waals surface area contributed by atoms with Crippen molar-refractivity contribution in [1.82, 2.24) is 9.80 Å². The van der Waals surface area contributed by atoms with Crippen LogP contribution in [0, 0.1) is 11.3 Å². The van der Waals surface area contributed by atoms with Crippen LogP contribution in [0.4, 0.5) is 4.79 Å². The molecule has 0 aromatic heterocycles. The molecule has 1 aliphatic rings. The molecule has 3 aromatic carbocycles. The Morgan fingerprint density at radius 2 is 0.766 bits per heavy atom. The number of ether oxygens (including phenoxy) is 1. The number of carbonyl (C=O) groups is 4. The van der Waals surface area contributed by atoms with E-state index in [1.54, 1.807) is 19.1 Å². The zero-order valence-corrected chi connectivity index (χ0v) is 42.6. The zero-order valence-electron chi connectivity index (χ0n) is 42.6. The van der Waals surface area contributed by atoms with Gasteiger partial charge in [0.05, 0.1) is 26.1 Å². The van der Waals surface area contributed by atoms with E-state index < -0.39 is 67.6 Å². The lowest BCUT2D eigenvalue weighted by Gasteiger charge is -2.47. The number of benzene rings is 3. The molecule has 1 atom stereocenters. The van der Waals surface area contributed by atoms with E-state index in [0.29, 0.717) is 50.1 Å². The van der Waals surface area contributed by atoms with Gasteiger partial charge in [-0.3, -0.25) is 24.2 Å². The fourth-order valence-electron chi connectivity index (χ4n) is 9.09. The molecule has 0 radical (unpaired) electrons. The van der Waals surface area contributed by atoms with Crippen LogP contribution in [0.25, 0.3) is 0 Å². The van der Waals surface area contributed by atoms with Crippen molar-refractivity contribution in [3.8, 4) is 17.2 Å². The van der Waals surface area contributed by atoms with Gasteiger partial charge in [-0.1, -0.05) is 144 Å². The van der Waals surface area contributed by atoms with Crippen LogP contribution in [0.5, 0.6) is 17.2 Å². The summed E-state index contributed by atoms with van der Waals surface area (Å²) in [5.41, 5.74) is 0.00947. The largest absolute Gasteiger partial charge is 0.507 e. The minimum atomic E-state index is -2.19. The van der Waals surface area contributed by atoms with E-state index in [9.17, 15) is 20.1 Å². The van der Waals surface area contributed by atoms with Crippen LogP contribution in [0.2, 0.25) is 0 Å². The van der Waals surface area contributed by atoms with Gasteiger partial charge in [0.15, 0.2) is 0 Å². The Labute approximate surface area is 383 Å². The summed E-state index contributed by atoms with van der Waals surface area (Å²) in [4.78, 5) is 63.4. The Morgan fingerprint density at radius 1 is 0.516 bits per heavy atom. The Balaban J connectivity index is 2.18. The monoisotopic (exact) mass is 883 g/mol. The van der Waals surface area contributed by atoms with Gasteiger partial charge in [-0.2, -0.15) is 0 Å². The van der Waals surface area contributed by atoms with Crippen molar-refractivity contribution in [3.63, 3.8) is 0 Å². The van der Waals surface area contributed by atoms with Crippen molar-refractivity contribution < 1.29 is 39.2 Å². The number of urea groups is 1. The van der Waals surface area contributed by atoms with E-state index in [4.69, 9.17) is 4.74 Å². The molecule has 4 amide bonds. The van der Waals surface area contributed by atoms with Crippen molar-refractivity contribution in [2.75, 3.05) is 7.11 Å². The number of carbonyl (C=O) groups excluding carboxylic acids is 4. The summed E-state index contributed by atoms with van der Waals surface area (Å²) in [6, 6.07) is 9.98. The third kappa shape index (κ3) is 10.0. The molecule has 3 aromatic rings. The number of rotatable bonds is 9. The molecule has 1 saturated heterocycles. The SMILES string of the molecule is CCC(C(=O)OC)C1(Cc2cc(C(C)(C)C)c(O)c(C(C)(C)C)c2)C(=O)N(Cc2cc(C(C)(C)C)c(O)c(C(C)(C)C)c2)C(=O)N(Cc2cc(C(C)(C)C)c(O)c(C(C)(C)C)c2)C1=O. The number of imide groups is 2. The molecule has 3 N–H and O–H groups in total. The van der Waals surface area contributed by atoms with Crippen LogP contribution in [0.3, 0.4) is 0 Å². The molecule has 1 aliphatic heterocycles. The standard InChI is InChI=1S/C54H78N2O8/c1-21-34(44(60)64-20)54(28-31-22-35(48(2,3)4)41(57)36(23-31)49(5,6)7)45(61)55(29-32-24-37(50(8,9)10)42(58)38(25-32)51(11,12)13)47(63)56(46(54)62)30-33-26-39(52(14,15)16)43(59)40(27-33)53(17,18)19/h22-27,34,57-59H,21,28-30H2,1-20H3. The number of aromatic hydroxyl groups is 3. The van der Waals surface area contributed by atoms with Crippen molar-refractivity contribution in [2.24, 2.45) is 11.3 Å². The maximum atomic E-state index is 15.9. The molecular weight excluding hydrogens is 805 g/mol. The Bertz CT molecular complexity index is 2100. The van der Waals surface area contributed by atoms with Crippen molar-refractivity contribution in [1.29, 1.82) is 0 Å². The van der Waals surface area contributed by atoms with Crippen LogP contribution in [0.15, 0.2) is 36.4 Å². The predicted octanol–water partition coefficient (Wildman–Crippen LogP) is 11.5. The summed E-state index contributed by atoms with van der Waals surface area (Å²) in [5.74, 6) is -3.38. The Kier molecular flexibility index (Phi) is 13.9. The number of phenols is 3. The fraction of sp³-hybridized carbons (Fsp3) is 0.593. The van der Waals surface area contributed by atoms with Gasteiger partial charge < -0.3 is 20.1 Å². The lowest BCUT2D eigenvalue weighted by Crippen LogP contribution is -2.68. The average molecular weight is 883 g/mol. The topological polar surface area (TPSA) is 145 Å². The molecule has 0 spiro atoms. The number of amides is 4. The normalized spacial score (nSPS) is 16.1. The summed E-state index contributed by atoms with van der Waals surface area (Å²) in [6.07, 6.45) is -0.253. The second kappa shape index (κ2) is 17.2. The first-order valence-corrected chi connectivity index (χ1v) is 22.7. The summed E-state index contributed by atoms with van der Waals surface area (Å²) >= 11 is 0. The first kappa shape index (κ1) is 51.8. The molecular formula is C54H78N2O8. The molecule has 10 nitrogen and oxygen atoms in total. The summed E-state index contributed by atoms with van der Waals surface area (Å²) in [5, 5.41) is 35.0. The third-order valence-corrected chi connectivity index (χ3v) is 12.7. The minimum absolute atomic E-state index is 0.0273. The Morgan fingerprint density at radius 3 is 0.984 bits per heavy atom. The average Bonchev–Trinajstić information content (AvgIpc) is 3.13. The number of phenolic OH excluding ortho intramolecular Hbond substituents is 3. The zero-order chi connectivity index (χ0) is 49.2. The molecule has 1 unspecified atom stereocenters. The van der Waals surface area contributed by atoms with Gasteiger partial charge in [0.1, 0.15) is 22.7 Å². The highest BCUT2D eigenvalue weighted by molar-refractivity contribution is 6.20. The van der Waals surface area contributed by atoms with Crippen molar-refractivity contribution in [2.45, 2.75) is 190 Å². The second-order valence-electron chi connectivity index (χ2n) is 24.3. The smallest absolute Gasteiger partial charge is 0.334 e. The molecule has 0 saturated carbocycles. The third-order valence-electron chi connectivity index (χ3n) is 12.7. The van der Waals surface area contributed by atoms with Crippen LogP contribution >= 0.6 is 0 Å². The van der Waals surface area contributed by atoms with Crippen LogP contribution in [0.1, 0.15) is 188 Å². The lowest BCUT2D eigenvalue weighted by atomic mass is 9.65. The van der Waals surface area contributed by atoms with Gasteiger partial charge in [-0.05, 0) is 120 Å². The van der Waals surface area contributed by atoms with Gasteiger partial charge in [-0.15, -0.1) is 0 Å². The van der Waals surface area contributed by atoms with E-state index in [1.165, 1.54) is 7.11 Å². The highest BCUT2D eigenvalue weighted by atomic mass is 16.5. The summed E-state index contributed by atoms with van der Waals surface area (Å²) in [7, 11) is 1.23. The number of hydrogen-bond donors (Lipinski definition) is 3. The van der Waals surface area contributed by atoms with Crippen molar-refractivity contribution >= 4 is 23.8 Å². The van der Waals surface area contributed by atoms with Gasteiger partial charge in [-0.25, -0.2) is 4.79 Å². The molecule has 10 heteroatoms. The van der Waals surface area contributed by atoms with Gasteiger partial charge in [0.25, 0.3) is 0 Å². The van der Waals surface area contributed by atoms with E-state index >= 15 is 14.4 Å². The first-order valence-electron chi connectivity index (χ1n) is 22.7. The minimum Gasteiger partial charge on any atom is -0.507 e. The first-order chi connectivity index (χ1) is 28.8. The summed E-state index contributed by atoms with van der Waals surface area (Å²) < 4.78 is 5.40. The van der Waals surface area contributed by atoms with Crippen LogP contribution < -0.4 is 0 Å². The molecule has 0 bridgehead atoms. The highest BCUT2D eigenvalue weighted by Gasteiger charge is 2.63. The fourth-order valence-corrected chi connectivity index (χ4v) is 9.09. The number of methoxy groups -OCH3 is 1. The number of esters is 1. The summed E-state index contributed by atoms with van der Waals surface area (Å²) in [6.45, 7) is 36.8. The number of hydrogen-bond acceptors (Lipinski definition) is 8. The molecule has 4 rings (SSSR count). The van der Waals surface area contributed by atoms with Crippen LogP contribution in [-0.2, 0) is 71.1 Å². The van der Waals surface area contributed by atoms with Crippen molar-refractivity contribution in [3.05, 3.63) is 86.5 Å². The van der Waals surface area contributed by atoms with Gasteiger partial charge in [0, 0.05) is 0 Å². The predicted molar refractivity (Wildman–Crippen MR) is 255 cm³/mol. The van der Waals surface area contributed by atoms with E-state index in [0.717, 1.165) is 9.80 Å². The van der Waals surface area contributed by atoms with E-state index in [1.807, 2.05) is 149 Å².